The summed E-state index contributed by atoms with van der Waals surface area (Å²) in [5.74, 6) is 0. The van der Waals surface area contributed by atoms with Crippen LogP contribution in [0.5, 0.6) is 0 Å². The van der Waals surface area contributed by atoms with Crippen LogP contribution >= 0.6 is 23.1 Å². The van der Waals surface area contributed by atoms with E-state index in [-0.39, 0.29) is 0 Å². The fraction of sp³-hybridized carbons (Fsp3) is 0.200. The molecule has 2 heterocycles. The Morgan fingerprint density at radius 3 is 2.95 bits per heavy atom. The Balaban J connectivity index is 1.93. The minimum absolute atomic E-state index is 0.841. The zero-order valence-corrected chi connectivity index (χ0v) is 12.4. The van der Waals surface area contributed by atoms with Crippen LogP contribution in [0.25, 0.3) is 10.9 Å². The summed E-state index contributed by atoms with van der Waals surface area (Å²) in [5.41, 5.74) is 8.07. The summed E-state index contributed by atoms with van der Waals surface area (Å²) in [6.07, 6.45) is 5.33. The van der Waals surface area contributed by atoms with Crippen LogP contribution in [0.15, 0.2) is 46.8 Å². The molecule has 0 radical (unpaired) electrons. The number of thioether (sulfide) groups is 1. The van der Waals surface area contributed by atoms with Gasteiger partial charge in [-0.3, -0.25) is 0 Å². The molecule has 2 N–H and O–H groups in total. The van der Waals surface area contributed by atoms with E-state index in [0.29, 0.717) is 0 Å². The summed E-state index contributed by atoms with van der Waals surface area (Å²) < 4.78 is 2.30. The maximum absolute atomic E-state index is 5.99. The molecule has 0 saturated carbocycles. The predicted molar refractivity (Wildman–Crippen MR) is 86.2 cm³/mol. The Kier molecular flexibility index (Phi) is 3.53. The lowest BCUT2D eigenvalue weighted by atomic mass is 10.2. The molecule has 0 unspecified atom stereocenters. The van der Waals surface area contributed by atoms with Crippen molar-refractivity contribution in [1.82, 2.24) is 4.57 Å². The Bertz CT molecular complexity index is 684. The second-order valence-electron chi connectivity index (χ2n) is 4.49. The molecule has 0 atom stereocenters. The summed E-state index contributed by atoms with van der Waals surface area (Å²) in [4.78, 5) is 2.68. The molecular formula is C15H16N2S2. The molecule has 0 amide bonds. The van der Waals surface area contributed by atoms with E-state index in [2.05, 4.69) is 52.7 Å². The fourth-order valence-corrected chi connectivity index (χ4v) is 3.68. The van der Waals surface area contributed by atoms with Crippen molar-refractivity contribution in [2.24, 2.45) is 0 Å². The highest BCUT2D eigenvalue weighted by Crippen LogP contribution is 2.30. The van der Waals surface area contributed by atoms with Crippen LogP contribution in [0, 0.1) is 0 Å². The zero-order chi connectivity index (χ0) is 13.2. The van der Waals surface area contributed by atoms with Gasteiger partial charge in [-0.1, -0.05) is 6.07 Å². The van der Waals surface area contributed by atoms with Gasteiger partial charge >= 0.3 is 0 Å². The molecule has 0 saturated heterocycles. The van der Waals surface area contributed by atoms with E-state index in [4.69, 9.17) is 5.73 Å². The lowest BCUT2D eigenvalue weighted by molar-refractivity contribution is 0.730. The number of nitrogens with two attached hydrogens (primary N) is 1. The number of hydrogen-bond donors (Lipinski definition) is 1. The first-order valence-electron chi connectivity index (χ1n) is 6.22. The van der Waals surface area contributed by atoms with Crippen LogP contribution in [0.1, 0.15) is 4.88 Å². The van der Waals surface area contributed by atoms with Crippen molar-refractivity contribution in [3.8, 4) is 0 Å². The Hall–Kier alpha value is -1.39. The van der Waals surface area contributed by atoms with E-state index < -0.39 is 0 Å². The van der Waals surface area contributed by atoms with Crippen molar-refractivity contribution >= 4 is 39.7 Å². The zero-order valence-electron chi connectivity index (χ0n) is 10.8. The molecule has 0 aliphatic carbocycles. The first-order chi connectivity index (χ1) is 9.28. The third-order valence-corrected chi connectivity index (χ3v) is 4.99. The van der Waals surface area contributed by atoms with E-state index in [9.17, 15) is 0 Å². The van der Waals surface area contributed by atoms with E-state index in [1.54, 1.807) is 11.8 Å². The number of hydrogen-bond acceptors (Lipinski definition) is 3. The van der Waals surface area contributed by atoms with Gasteiger partial charge in [-0.2, -0.15) is 0 Å². The number of benzene rings is 1. The van der Waals surface area contributed by atoms with Crippen molar-refractivity contribution < 1.29 is 0 Å². The van der Waals surface area contributed by atoms with Gasteiger partial charge in [-0.15, -0.1) is 23.1 Å². The average Bonchev–Trinajstić information content (AvgIpc) is 3.04. The second kappa shape index (κ2) is 5.31. The third-order valence-electron chi connectivity index (χ3n) is 3.27. The molecule has 0 aliphatic heterocycles. The first-order valence-corrected chi connectivity index (χ1v) is 8.33. The molecule has 98 valence electrons. The van der Waals surface area contributed by atoms with Crippen LogP contribution in [-0.2, 0) is 13.0 Å². The monoisotopic (exact) mass is 288 g/mol. The largest absolute Gasteiger partial charge is 0.399 e. The molecule has 0 spiro atoms. The normalized spacial score (nSPS) is 11.2. The Labute approximate surface area is 121 Å². The summed E-state index contributed by atoms with van der Waals surface area (Å²) in [5, 5.41) is 3.43. The Morgan fingerprint density at radius 2 is 2.21 bits per heavy atom. The third kappa shape index (κ3) is 2.51. The maximum atomic E-state index is 5.99. The molecule has 3 rings (SSSR count). The predicted octanol–water partition coefficient (Wildman–Crippen LogP) is 4.25. The van der Waals surface area contributed by atoms with E-state index in [1.165, 1.54) is 20.7 Å². The quantitative estimate of drug-likeness (QED) is 0.575. The number of rotatable bonds is 4. The van der Waals surface area contributed by atoms with Gasteiger partial charge in [-0.25, -0.2) is 0 Å². The topological polar surface area (TPSA) is 30.9 Å². The Morgan fingerprint density at radius 1 is 1.32 bits per heavy atom. The van der Waals surface area contributed by atoms with Gasteiger partial charge < -0.3 is 10.3 Å². The fourth-order valence-electron chi connectivity index (χ4n) is 2.33. The molecule has 0 aliphatic rings. The summed E-state index contributed by atoms with van der Waals surface area (Å²) in [7, 11) is 0. The molecular weight excluding hydrogens is 272 g/mol. The first kappa shape index (κ1) is 12.6. The summed E-state index contributed by atoms with van der Waals surface area (Å²) in [6, 6.07) is 10.6. The van der Waals surface area contributed by atoms with E-state index >= 15 is 0 Å². The van der Waals surface area contributed by atoms with Crippen LogP contribution < -0.4 is 5.73 Å². The van der Waals surface area contributed by atoms with Crippen LogP contribution in [0.2, 0.25) is 0 Å². The SMILES string of the molecule is CSc1cc(N)cc2c1ccn2CCc1cccs1. The summed E-state index contributed by atoms with van der Waals surface area (Å²) >= 11 is 3.57. The molecule has 19 heavy (non-hydrogen) atoms. The van der Waals surface area contributed by atoms with Gasteiger partial charge in [0, 0.05) is 33.6 Å². The number of nitrogen functional groups attached to an aromatic ring is 1. The van der Waals surface area contributed by atoms with E-state index in [0.717, 1.165) is 18.7 Å². The number of aryl methyl sites for hydroxylation is 2. The van der Waals surface area contributed by atoms with Crippen LogP contribution in [-0.4, -0.2) is 10.8 Å². The molecule has 0 fully saturated rings. The number of nitrogens with zero attached hydrogens (tertiary/aromatic N) is 1. The maximum Gasteiger partial charge on any atom is 0.0512 e. The number of anilines is 1. The number of fused-ring (bicyclic) bond motifs is 1. The molecule has 1 aromatic carbocycles. The highest BCUT2D eigenvalue weighted by atomic mass is 32.2. The minimum Gasteiger partial charge on any atom is -0.399 e. The van der Waals surface area contributed by atoms with Crippen LogP contribution in [0.3, 0.4) is 0 Å². The smallest absolute Gasteiger partial charge is 0.0512 e. The average molecular weight is 288 g/mol. The van der Waals surface area contributed by atoms with Gasteiger partial charge in [0.05, 0.1) is 5.52 Å². The van der Waals surface area contributed by atoms with Gasteiger partial charge in [0.25, 0.3) is 0 Å². The molecule has 4 heteroatoms. The van der Waals surface area contributed by atoms with Crippen molar-refractivity contribution in [3.63, 3.8) is 0 Å². The number of aromatic nitrogens is 1. The highest BCUT2D eigenvalue weighted by Gasteiger charge is 2.07. The molecule has 2 nitrogen and oxygen atoms in total. The van der Waals surface area contributed by atoms with Crippen molar-refractivity contribution in [2.75, 3.05) is 12.0 Å². The summed E-state index contributed by atoms with van der Waals surface area (Å²) in [6.45, 7) is 1.00. The second-order valence-corrected chi connectivity index (χ2v) is 6.37. The molecule has 3 aromatic rings. The number of thiophene rings is 1. The van der Waals surface area contributed by atoms with Crippen molar-refractivity contribution in [1.29, 1.82) is 0 Å². The van der Waals surface area contributed by atoms with Gasteiger partial charge in [0.2, 0.25) is 0 Å². The molecule has 0 bridgehead atoms. The lowest BCUT2D eigenvalue weighted by Gasteiger charge is -2.07. The lowest BCUT2D eigenvalue weighted by Crippen LogP contribution is -1.99. The minimum atomic E-state index is 0.841. The van der Waals surface area contributed by atoms with Gasteiger partial charge in [-0.05, 0) is 42.3 Å². The van der Waals surface area contributed by atoms with Gasteiger partial charge in [0.15, 0.2) is 0 Å². The van der Waals surface area contributed by atoms with Crippen molar-refractivity contribution in [2.45, 2.75) is 17.9 Å². The van der Waals surface area contributed by atoms with Crippen molar-refractivity contribution in [3.05, 3.63) is 46.8 Å². The van der Waals surface area contributed by atoms with Crippen LogP contribution in [0.4, 0.5) is 5.69 Å². The van der Waals surface area contributed by atoms with E-state index in [1.807, 2.05) is 11.3 Å². The molecule has 2 aromatic heterocycles. The highest BCUT2D eigenvalue weighted by molar-refractivity contribution is 7.98. The van der Waals surface area contributed by atoms with Gasteiger partial charge in [0.1, 0.15) is 0 Å². The standard InChI is InChI=1S/C15H16N2S2/c1-18-15-10-11(16)9-14-13(15)5-7-17(14)6-4-12-3-2-8-19-12/h2-3,5,7-10H,4,6,16H2,1H3.